The number of hydrogen-bond acceptors (Lipinski definition) is 3. The number of carbonyl (C=O) groups is 1. The predicted octanol–water partition coefficient (Wildman–Crippen LogP) is 2.16. The predicted molar refractivity (Wildman–Crippen MR) is 77.1 cm³/mol. The van der Waals surface area contributed by atoms with E-state index in [1.54, 1.807) is 0 Å². The van der Waals surface area contributed by atoms with Crippen LogP contribution >= 0.6 is 0 Å². The first kappa shape index (κ1) is 17.4. The largest absolute Gasteiger partial charge is 0.491 e. The number of benzene rings is 1. The Kier molecular flexibility index (Phi) is 5.35. The normalized spacial score (nSPS) is 15.8. The average molecular weight is 332 g/mol. The van der Waals surface area contributed by atoms with E-state index in [1.807, 2.05) is 0 Å². The Labute approximate surface area is 131 Å². The van der Waals surface area contributed by atoms with Crippen LogP contribution in [0.2, 0.25) is 0 Å². The van der Waals surface area contributed by atoms with E-state index in [0.29, 0.717) is 6.54 Å². The number of ether oxygens (including phenoxy) is 1. The van der Waals surface area contributed by atoms with E-state index >= 15 is 0 Å². The molecule has 1 aromatic carbocycles. The first-order chi connectivity index (χ1) is 10.9. The molecule has 1 aliphatic carbocycles. The summed E-state index contributed by atoms with van der Waals surface area (Å²) in [6, 6.07) is 4.49. The Bertz CT molecular complexity index is 545. The molecule has 0 saturated heterocycles. The number of aliphatic hydroxyl groups is 1. The molecule has 0 spiro atoms. The zero-order valence-electron chi connectivity index (χ0n) is 12.4. The highest BCUT2D eigenvalue weighted by atomic mass is 19.4. The van der Waals surface area contributed by atoms with E-state index in [1.165, 1.54) is 18.2 Å². The van der Waals surface area contributed by atoms with E-state index in [4.69, 9.17) is 9.84 Å². The summed E-state index contributed by atoms with van der Waals surface area (Å²) in [5.41, 5.74) is -1.04. The summed E-state index contributed by atoms with van der Waals surface area (Å²) < 4.78 is 43.4. The minimum atomic E-state index is -4.48. The third-order valence-electron chi connectivity index (χ3n) is 3.75. The number of carbonyl (C=O) groups excluding carboxylic acids is 1. The molecule has 2 rings (SSSR count). The van der Waals surface area contributed by atoms with Crippen LogP contribution in [-0.4, -0.2) is 37.4 Å². The van der Waals surface area contributed by atoms with Gasteiger partial charge < -0.3 is 20.5 Å². The van der Waals surface area contributed by atoms with Gasteiger partial charge in [0.25, 0.3) is 0 Å². The van der Waals surface area contributed by atoms with Crippen LogP contribution in [0.15, 0.2) is 24.3 Å². The molecule has 5 nitrogen and oxygen atoms in total. The van der Waals surface area contributed by atoms with Crippen molar-refractivity contribution < 1.29 is 27.8 Å². The van der Waals surface area contributed by atoms with Crippen LogP contribution < -0.4 is 15.4 Å². The highest BCUT2D eigenvalue weighted by Gasteiger charge is 2.42. The Morgan fingerprint density at radius 3 is 2.57 bits per heavy atom. The number of para-hydroxylation sites is 1. The van der Waals surface area contributed by atoms with Gasteiger partial charge in [-0.2, -0.15) is 13.2 Å². The van der Waals surface area contributed by atoms with Crippen molar-refractivity contribution in [2.45, 2.75) is 19.0 Å². The summed E-state index contributed by atoms with van der Waals surface area (Å²) in [5, 5.41) is 14.2. The van der Waals surface area contributed by atoms with Gasteiger partial charge in [-0.3, -0.25) is 0 Å². The molecule has 0 radical (unpaired) electrons. The first-order valence-corrected chi connectivity index (χ1v) is 7.28. The Balaban J connectivity index is 1.70. The van der Waals surface area contributed by atoms with Gasteiger partial charge in [0.1, 0.15) is 12.4 Å². The highest BCUT2D eigenvalue weighted by Crippen LogP contribution is 2.44. The van der Waals surface area contributed by atoms with Crippen molar-refractivity contribution in [3.8, 4) is 5.75 Å². The van der Waals surface area contributed by atoms with Gasteiger partial charge in [-0.15, -0.1) is 0 Å². The average Bonchev–Trinajstić information content (AvgIpc) is 3.30. The lowest BCUT2D eigenvalue weighted by Gasteiger charge is -2.15. The minimum absolute atomic E-state index is 0.0324. The van der Waals surface area contributed by atoms with E-state index in [9.17, 15) is 18.0 Å². The van der Waals surface area contributed by atoms with E-state index in [2.05, 4.69) is 10.6 Å². The van der Waals surface area contributed by atoms with Crippen LogP contribution in [0.3, 0.4) is 0 Å². The van der Waals surface area contributed by atoms with Crippen LogP contribution in [0.25, 0.3) is 0 Å². The molecule has 3 N–H and O–H groups in total. The lowest BCUT2D eigenvalue weighted by molar-refractivity contribution is -0.138. The highest BCUT2D eigenvalue weighted by molar-refractivity contribution is 5.73. The Morgan fingerprint density at radius 2 is 1.96 bits per heavy atom. The van der Waals surface area contributed by atoms with Gasteiger partial charge in [0, 0.05) is 12.0 Å². The molecule has 0 aromatic heterocycles. The second-order valence-corrected chi connectivity index (χ2v) is 5.61. The molecule has 128 valence electrons. The summed E-state index contributed by atoms with van der Waals surface area (Å²) in [6.07, 6.45) is -2.73. The van der Waals surface area contributed by atoms with Crippen molar-refractivity contribution in [2.24, 2.45) is 5.41 Å². The first-order valence-electron chi connectivity index (χ1n) is 7.28. The van der Waals surface area contributed by atoms with Crippen molar-refractivity contribution in [3.63, 3.8) is 0 Å². The van der Waals surface area contributed by atoms with Crippen molar-refractivity contribution in [1.82, 2.24) is 10.6 Å². The van der Waals surface area contributed by atoms with Crippen LogP contribution in [0, 0.1) is 5.41 Å². The molecule has 1 aromatic rings. The fraction of sp³-hybridized carbons (Fsp3) is 0.533. The smallest absolute Gasteiger partial charge is 0.419 e. The van der Waals surface area contributed by atoms with Gasteiger partial charge in [-0.05, 0) is 25.0 Å². The second-order valence-electron chi connectivity index (χ2n) is 5.61. The van der Waals surface area contributed by atoms with Crippen LogP contribution in [0.1, 0.15) is 18.4 Å². The maximum atomic E-state index is 12.8. The van der Waals surface area contributed by atoms with Gasteiger partial charge in [-0.25, -0.2) is 4.79 Å². The standard InChI is InChI=1S/C15H19F3N2O3/c16-15(17,18)11-3-1-2-4-12(11)23-8-7-19-13(22)20-9-14(10-21)5-6-14/h1-4,21H,5-10H2,(H2,19,20,22). The molecule has 0 atom stereocenters. The molecular weight excluding hydrogens is 313 g/mol. The molecule has 1 fully saturated rings. The summed E-state index contributed by atoms with van der Waals surface area (Å²) in [4.78, 5) is 11.5. The molecule has 0 aliphatic heterocycles. The van der Waals surface area contributed by atoms with Crippen molar-refractivity contribution in [1.29, 1.82) is 0 Å². The Hall–Kier alpha value is -1.96. The van der Waals surface area contributed by atoms with Gasteiger partial charge in [0.2, 0.25) is 0 Å². The number of aliphatic hydroxyl groups excluding tert-OH is 1. The minimum Gasteiger partial charge on any atom is -0.491 e. The maximum absolute atomic E-state index is 12.8. The topological polar surface area (TPSA) is 70.6 Å². The third kappa shape index (κ3) is 5.02. The number of nitrogens with one attached hydrogen (secondary N) is 2. The Morgan fingerprint density at radius 1 is 1.26 bits per heavy atom. The zero-order valence-corrected chi connectivity index (χ0v) is 12.4. The fourth-order valence-electron chi connectivity index (χ4n) is 2.05. The fourth-order valence-corrected chi connectivity index (χ4v) is 2.05. The molecule has 1 aliphatic rings. The lowest BCUT2D eigenvalue weighted by Crippen LogP contribution is -2.41. The maximum Gasteiger partial charge on any atom is 0.419 e. The van der Waals surface area contributed by atoms with Crippen molar-refractivity contribution >= 4 is 6.03 Å². The molecule has 8 heteroatoms. The molecular formula is C15H19F3N2O3. The summed E-state index contributed by atoms with van der Waals surface area (Å²) in [7, 11) is 0. The number of rotatable bonds is 7. The number of alkyl halides is 3. The molecule has 1 saturated carbocycles. The number of hydrogen-bond donors (Lipinski definition) is 3. The third-order valence-corrected chi connectivity index (χ3v) is 3.75. The van der Waals surface area contributed by atoms with Crippen LogP contribution in [0.5, 0.6) is 5.75 Å². The number of halogens is 3. The van der Waals surface area contributed by atoms with Gasteiger partial charge in [0.05, 0.1) is 18.7 Å². The van der Waals surface area contributed by atoms with Crippen molar-refractivity contribution in [3.05, 3.63) is 29.8 Å². The summed E-state index contributed by atoms with van der Waals surface area (Å²) in [5.74, 6) is -0.264. The quantitative estimate of drug-likeness (QED) is 0.670. The molecule has 0 bridgehead atoms. The van der Waals surface area contributed by atoms with Crippen LogP contribution in [0.4, 0.5) is 18.0 Å². The van der Waals surface area contributed by atoms with E-state index in [0.717, 1.165) is 18.9 Å². The van der Waals surface area contributed by atoms with E-state index < -0.39 is 17.8 Å². The number of amides is 2. The SMILES string of the molecule is O=C(NCCOc1ccccc1C(F)(F)F)NCC1(CO)CC1. The van der Waals surface area contributed by atoms with Gasteiger partial charge in [0.15, 0.2) is 0 Å². The number of urea groups is 1. The molecule has 0 unspecified atom stereocenters. The second kappa shape index (κ2) is 7.08. The summed E-state index contributed by atoms with van der Waals surface area (Å²) >= 11 is 0. The summed E-state index contributed by atoms with van der Waals surface area (Å²) in [6.45, 7) is 0.410. The zero-order chi connectivity index (χ0) is 16.9. The van der Waals surface area contributed by atoms with Crippen LogP contribution in [-0.2, 0) is 6.18 Å². The molecule has 2 amide bonds. The molecule has 0 heterocycles. The molecule has 23 heavy (non-hydrogen) atoms. The van der Waals surface area contributed by atoms with Crippen molar-refractivity contribution in [2.75, 3.05) is 26.3 Å². The van der Waals surface area contributed by atoms with Gasteiger partial charge in [-0.1, -0.05) is 12.1 Å². The lowest BCUT2D eigenvalue weighted by atomic mass is 10.1. The van der Waals surface area contributed by atoms with E-state index in [-0.39, 0.29) is 30.9 Å². The monoisotopic (exact) mass is 332 g/mol. The van der Waals surface area contributed by atoms with Gasteiger partial charge >= 0.3 is 12.2 Å².